The summed E-state index contributed by atoms with van der Waals surface area (Å²) in [5.41, 5.74) is 0. The molecule has 0 bridgehead atoms. The third-order valence-corrected chi connectivity index (χ3v) is 4.19. The van der Waals surface area contributed by atoms with Crippen molar-refractivity contribution in [3.05, 3.63) is 0 Å². The molecule has 2 N–H and O–H groups in total. The van der Waals surface area contributed by atoms with Crippen molar-refractivity contribution in [3.8, 4) is 0 Å². The SMILES string of the molecule is CCCC[C@H](NS(=O)(=O)C(C)C(F)(F)F)C(=O)O. The fraction of sp³-hybridized carbons (Fsp3) is 0.889. The maximum absolute atomic E-state index is 12.3. The number of nitrogens with one attached hydrogen (secondary N) is 1. The summed E-state index contributed by atoms with van der Waals surface area (Å²) in [6.45, 7) is 2.23. The summed E-state index contributed by atoms with van der Waals surface area (Å²) in [5, 5.41) is 6.09. The van der Waals surface area contributed by atoms with E-state index in [0.29, 0.717) is 19.8 Å². The van der Waals surface area contributed by atoms with Gasteiger partial charge in [0.15, 0.2) is 5.25 Å². The lowest BCUT2D eigenvalue weighted by Crippen LogP contribution is -2.48. The summed E-state index contributed by atoms with van der Waals surface area (Å²) in [6.07, 6.45) is -3.96. The van der Waals surface area contributed by atoms with Crippen LogP contribution in [0.4, 0.5) is 13.2 Å². The van der Waals surface area contributed by atoms with Crippen molar-refractivity contribution >= 4 is 16.0 Å². The number of hydrogen-bond donors (Lipinski definition) is 2. The number of aliphatic carboxylic acids is 1. The van der Waals surface area contributed by atoms with Crippen molar-refractivity contribution in [3.63, 3.8) is 0 Å². The van der Waals surface area contributed by atoms with Gasteiger partial charge in [0.1, 0.15) is 6.04 Å². The van der Waals surface area contributed by atoms with E-state index in [0.717, 1.165) is 0 Å². The summed E-state index contributed by atoms with van der Waals surface area (Å²) < 4.78 is 61.2. The number of hydrogen-bond acceptors (Lipinski definition) is 3. The molecule has 0 aliphatic carbocycles. The first-order chi connectivity index (χ1) is 8.02. The Bertz CT molecular complexity index is 380. The second kappa shape index (κ2) is 6.37. The van der Waals surface area contributed by atoms with Crippen LogP contribution >= 0.6 is 0 Å². The lowest BCUT2D eigenvalue weighted by molar-refractivity contribution is -0.139. The predicted molar refractivity (Wildman–Crippen MR) is 58.5 cm³/mol. The second-order valence-corrected chi connectivity index (χ2v) is 5.91. The number of rotatable bonds is 7. The molecule has 0 saturated carbocycles. The molecule has 2 atom stereocenters. The Morgan fingerprint density at radius 3 is 2.22 bits per heavy atom. The van der Waals surface area contributed by atoms with Gasteiger partial charge in [0.05, 0.1) is 0 Å². The van der Waals surface area contributed by atoms with Gasteiger partial charge in [0, 0.05) is 0 Å². The zero-order valence-corrected chi connectivity index (χ0v) is 10.8. The van der Waals surface area contributed by atoms with Crippen molar-refractivity contribution in [2.75, 3.05) is 0 Å². The maximum Gasteiger partial charge on any atom is 0.406 e. The molecule has 0 aromatic rings. The van der Waals surface area contributed by atoms with E-state index in [-0.39, 0.29) is 6.42 Å². The molecule has 5 nitrogen and oxygen atoms in total. The zero-order chi connectivity index (χ0) is 14.6. The Labute approximate surface area is 103 Å². The quantitative estimate of drug-likeness (QED) is 0.744. The highest BCUT2D eigenvalue weighted by molar-refractivity contribution is 7.90. The van der Waals surface area contributed by atoms with E-state index in [1.807, 2.05) is 0 Å². The second-order valence-electron chi connectivity index (χ2n) is 3.88. The number of carboxylic acid groups (broad SMARTS) is 1. The smallest absolute Gasteiger partial charge is 0.406 e. The van der Waals surface area contributed by atoms with Crippen molar-refractivity contribution in [1.29, 1.82) is 0 Å². The molecule has 0 aromatic carbocycles. The summed E-state index contributed by atoms with van der Waals surface area (Å²) in [5.74, 6) is -1.48. The van der Waals surface area contributed by atoms with Crippen molar-refractivity contribution in [1.82, 2.24) is 4.72 Å². The van der Waals surface area contributed by atoms with Crippen LogP contribution in [-0.4, -0.2) is 37.0 Å². The molecule has 0 radical (unpaired) electrons. The summed E-state index contributed by atoms with van der Waals surface area (Å²) in [4.78, 5) is 10.7. The van der Waals surface area contributed by atoms with Crippen LogP contribution in [-0.2, 0) is 14.8 Å². The van der Waals surface area contributed by atoms with Crippen LogP contribution < -0.4 is 4.72 Å². The van der Waals surface area contributed by atoms with E-state index in [1.165, 1.54) is 0 Å². The normalized spacial score (nSPS) is 16.3. The van der Waals surface area contributed by atoms with E-state index in [4.69, 9.17) is 5.11 Å². The third-order valence-electron chi connectivity index (χ3n) is 2.38. The molecule has 18 heavy (non-hydrogen) atoms. The molecule has 0 rings (SSSR count). The first kappa shape index (κ1) is 17.2. The molecule has 0 aliphatic heterocycles. The average Bonchev–Trinajstić information content (AvgIpc) is 2.21. The fourth-order valence-corrected chi connectivity index (χ4v) is 2.29. The zero-order valence-electron chi connectivity index (χ0n) is 9.99. The Morgan fingerprint density at radius 1 is 1.39 bits per heavy atom. The maximum atomic E-state index is 12.3. The molecule has 0 aromatic heterocycles. The molecule has 0 fully saturated rings. The minimum absolute atomic E-state index is 0.0460. The summed E-state index contributed by atoms with van der Waals surface area (Å²) >= 11 is 0. The van der Waals surface area contributed by atoms with E-state index in [9.17, 15) is 26.4 Å². The molecular weight excluding hydrogens is 275 g/mol. The number of alkyl halides is 3. The Morgan fingerprint density at radius 2 is 1.89 bits per heavy atom. The molecular formula is C9H16F3NO4S. The topological polar surface area (TPSA) is 83.5 Å². The molecule has 0 heterocycles. The first-order valence-electron chi connectivity index (χ1n) is 5.33. The highest BCUT2D eigenvalue weighted by Crippen LogP contribution is 2.25. The van der Waals surface area contributed by atoms with E-state index in [2.05, 4.69) is 0 Å². The van der Waals surface area contributed by atoms with Gasteiger partial charge in [-0.1, -0.05) is 19.8 Å². The van der Waals surface area contributed by atoms with Gasteiger partial charge in [0.2, 0.25) is 10.0 Å². The lowest BCUT2D eigenvalue weighted by atomic mass is 10.1. The summed E-state index contributed by atoms with van der Waals surface area (Å²) in [7, 11) is -4.75. The average molecular weight is 291 g/mol. The number of halogens is 3. The molecule has 108 valence electrons. The van der Waals surface area contributed by atoms with Gasteiger partial charge in [-0.25, -0.2) is 13.1 Å². The van der Waals surface area contributed by atoms with Crippen molar-refractivity contribution in [2.24, 2.45) is 0 Å². The number of unbranched alkanes of at least 4 members (excludes halogenated alkanes) is 1. The van der Waals surface area contributed by atoms with Gasteiger partial charge in [-0.3, -0.25) is 4.79 Å². The van der Waals surface area contributed by atoms with Gasteiger partial charge in [-0.05, 0) is 13.3 Å². The molecule has 9 heteroatoms. The van der Waals surface area contributed by atoms with E-state index < -0.39 is 33.5 Å². The molecule has 0 aliphatic rings. The Balaban J connectivity index is 4.87. The molecule has 0 amide bonds. The van der Waals surface area contributed by atoms with Crippen LogP contribution in [0.25, 0.3) is 0 Å². The van der Waals surface area contributed by atoms with Crippen LogP contribution in [0.1, 0.15) is 33.1 Å². The van der Waals surface area contributed by atoms with Gasteiger partial charge < -0.3 is 5.11 Å². The monoisotopic (exact) mass is 291 g/mol. The third kappa shape index (κ3) is 5.21. The highest BCUT2D eigenvalue weighted by atomic mass is 32.2. The van der Waals surface area contributed by atoms with E-state index in [1.54, 1.807) is 11.6 Å². The minimum atomic E-state index is -4.93. The molecule has 0 spiro atoms. The number of carboxylic acids is 1. The van der Waals surface area contributed by atoms with Gasteiger partial charge in [-0.15, -0.1) is 0 Å². The Kier molecular flexibility index (Phi) is 6.08. The van der Waals surface area contributed by atoms with Crippen molar-refractivity contribution < 1.29 is 31.5 Å². The Hall–Kier alpha value is -0.830. The van der Waals surface area contributed by atoms with Crippen LogP contribution in [0.3, 0.4) is 0 Å². The predicted octanol–water partition coefficient (Wildman–Crippen LogP) is 1.50. The van der Waals surface area contributed by atoms with Gasteiger partial charge in [-0.2, -0.15) is 13.2 Å². The largest absolute Gasteiger partial charge is 0.480 e. The van der Waals surface area contributed by atoms with Gasteiger partial charge in [0.25, 0.3) is 0 Å². The molecule has 1 unspecified atom stereocenters. The fourth-order valence-electron chi connectivity index (χ4n) is 1.12. The molecule has 0 saturated heterocycles. The number of sulfonamides is 1. The number of carbonyl (C=O) groups is 1. The van der Waals surface area contributed by atoms with Gasteiger partial charge >= 0.3 is 12.1 Å². The standard InChI is InChI=1S/C9H16F3NO4S/c1-3-4-5-7(8(14)15)13-18(16,17)6(2)9(10,11)12/h6-7,13H,3-5H2,1-2H3,(H,14,15)/t6?,7-/m0/s1. The van der Waals surface area contributed by atoms with Crippen LogP contribution in [0.5, 0.6) is 0 Å². The summed E-state index contributed by atoms with van der Waals surface area (Å²) in [6, 6.07) is -1.53. The van der Waals surface area contributed by atoms with Crippen LogP contribution in [0.15, 0.2) is 0 Å². The first-order valence-corrected chi connectivity index (χ1v) is 6.87. The van der Waals surface area contributed by atoms with Crippen LogP contribution in [0, 0.1) is 0 Å². The highest BCUT2D eigenvalue weighted by Gasteiger charge is 2.46. The lowest BCUT2D eigenvalue weighted by Gasteiger charge is -2.20. The van der Waals surface area contributed by atoms with E-state index >= 15 is 0 Å². The van der Waals surface area contributed by atoms with Crippen molar-refractivity contribution in [2.45, 2.75) is 50.6 Å². The minimum Gasteiger partial charge on any atom is -0.480 e. The van der Waals surface area contributed by atoms with Crippen LogP contribution in [0.2, 0.25) is 0 Å².